The van der Waals surface area contributed by atoms with E-state index in [0.717, 1.165) is 12.1 Å². The average molecular weight is 501 g/mol. The number of nitrogens with one attached hydrogen (secondary N) is 1. The van der Waals surface area contributed by atoms with Crippen molar-refractivity contribution in [2.45, 2.75) is 4.90 Å². The van der Waals surface area contributed by atoms with Crippen molar-refractivity contribution in [3.8, 4) is 5.75 Å². The van der Waals surface area contributed by atoms with Crippen molar-refractivity contribution in [1.29, 1.82) is 0 Å². The van der Waals surface area contributed by atoms with Crippen LogP contribution in [0, 0.1) is 5.82 Å². The van der Waals surface area contributed by atoms with Crippen molar-refractivity contribution < 1.29 is 31.4 Å². The Morgan fingerprint density at radius 2 is 1.62 bits per heavy atom. The zero-order chi connectivity index (χ0) is 24.5. The largest absolute Gasteiger partial charge is 0.379 e. The lowest BCUT2D eigenvalue weighted by Crippen LogP contribution is -2.54. The van der Waals surface area contributed by atoms with E-state index in [0.29, 0.717) is 9.92 Å². The highest BCUT2D eigenvalue weighted by atomic mass is 35.5. The monoisotopic (exact) mass is 500 g/mol. The van der Waals surface area contributed by atoms with Crippen molar-refractivity contribution in [2.75, 3.05) is 4.90 Å². The second-order valence-electron chi connectivity index (χ2n) is 7.00. The number of anilines is 1. The van der Waals surface area contributed by atoms with Crippen molar-refractivity contribution in [3.63, 3.8) is 0 Å². The Morgan fingerprint density at radius 1 is 0.941 bits per heavy atom. The van der Waals surface area contributed by atoms with Crippen molar-refractivity contribution in [2.24, 2.45) is 0 Å². The number of benzene rings is 3. The molecule has 172 valence electrons. The molecule has 1 aliphatic rings. The first-order valence-corrected chi connectivity index (χ1v) is 11.4. The summed E-state index contributed by atoms with van der Waals surface area (Å²) >= 11 is 5.78. The van der Waals surface area contributed by atoms with E-state index in [-0.39, 0.29) is 27.5 Å². The number of barbiturate groups is 1. The van der Waals surface area contributed by atoms with E-state index in [4.69, 9.17) is 15.8 Å². The summed E-state index contributed by atoms with van der Waals surface area (Å²) in [5, 5.41) is 2.41. The van der Waals surface area contributed by atoms with Crippen LogP contribution in [0.2, 0.25) is 5.02 Å². The minimum absolute atomic E-state index is 0.0634. The Morgan fingerprint density at radius 3 is 2.29 bits per heavy atom. The number of urea groups is 1. The summed E-state index contributed by atoms with van der Waals surface area (Å²) in [4.78, 5) is 38.0. The van der Waals surface area contributed by atoms with E-state index in [9.17, 15) is 27.2 Å². The lowest BCUT2D eigenvalue weighted by atomic mass is 10.1. The van der Waals surface area contributed by atoms with E-state index in [1.807, 2.05) is 5.32 Å². The molecule has 0 saturated carbocycles. The molecule has 4 amide bonds. The second kappa shape index (κ2) is 9.08. The number of rotatable bonds is 5. The Kier molecular flexibility index (Phi) is 6.18. The molecule has 1 N–H and O–H groups in total. The van der Waals surface area contributed by atoms with E-state index >= 15 is 0 Å². The molecule has 0 spiro atoms. The fourth-order valence-corrected chi connectivity index (χ4v) is 4.13. The molecule has 0 atom stereocenters. The fraction of sp³-hybridized carbons (Fsp3) is 0. The molecule has 0 bridgehead atoms. The van der Waals surface area contributed by atoms with Crippen LogP contribution < -0.4 is 14.4 Å². The van der Waals surface area contributed by atoms with Gasteiger partial charge in [0.1, 0.15) is 22.0 Å². The van der Waals surface area contributed by atoms with Gasteiger partial charge in [-0.3, -0.25) is 14.9 Å². The van der Waals surface area contributed by atoms with E-state index in [2.05, 4.69) is 0 Å². The third-order valence-corrected chi connectivity index (χ3v) is 6.18. The van der Waals surface area contributed by atoms with Gasteiger partial charge in [-0.15, -0.1) is 0 Å². The van der Waals surface area contributed by atoms with Gasteiger partial charge in [-0.2, -0.15) is 8.42 Å². The van der Waals surface area contributed by atoms with Crippen LogP contribution in [0.1, 0.15) is 5.56 Å². The molecule has 3 aromatic carbocycles. The van der Waals surface area contributed by atoms with Crippen LogP contribution >= 0.6 is 11.6 Å². The predicted molar refractivity (Wildman–Crippen MR) is 121 cm³/mol. The molecule has 1 aliphatic heterocycles. The zero-order valence-corrected chi connectivity index (χ0v) is 18.6. The molecular weight excluding hydrogens is 487 g/mol. The number of hydrogen-bond donors (Lipinski definition) is 1. The first-order chi connectivity index (χ1) is 16.1. The van der Waals surface area contributed by atoms with Gasteiger partial charge in [-0.05, 0) is 72.3 Å². The molecule has 0 radical (unpaired) electrons. The zero-order valence-electron chi connectivity index (χ0n) is 17.1. The van der Waals surface area contributed by atoms with E-state index in [1.165, 1.54) is 66.7 Å². The Hall–Kier alpha value is -4.02. The molecule has 3 aromatic rings. The minimum atomic E-state index is -4.17. The van der Waals surface area contributed by atoms with E-state index < -0.39 is 33.8 Å². The highest BCUT2D eigenvalue weighted by Gasteiger charge is 2.36. The second-order valence-corrected chi connectivity index (χ2v) is 8.98. The summed E-state index contributed by atoms with van der Waals surface area (Å²) in [6.07, 6.45) is 1.18. The number of nitrogens with zero attached hydrogens (tertiary/aromatic N) is 1. The normalized spacial score (nSPS) is 15.4. The van der Waals surface area contributed by atoms with Crippen LogP contribution in [0.3, 0.4) is 0 Å². The SMILES string of the molecule is O=C1NC(=O)N(c2ccc(F)cc2)C(=O)/C1=C\c1cccc(OS(=O)(=O)c2ccc(Cl)cc2)c1. The topological polar surface area (TPSA) is 110 Å². The molecular formula is C23H14ClFN2O6S. The van der Waals surface area contributed by atoms with Crippen molar-refractivity contribution in [1.82, 2.24) is 5.32 Å². The third-order valence-electron chi connectivity index (χ3n) is 4.66. The molecule has 1 saturated heterocycles. The maximum atomic E-state index is 13.2. The summed E-state index contributed by atoms with van der Waals surface area (Å²) in [5.74, 6) is -2.50. The number of amides is 4. The number of halogens is 2. The quantitative estimate of drug-likeness (QED) is 0.323. The summed E-state index contributed by atoms with van der Waals surface area (Å²) < 4.78 is 43.4. The number of carbonyl (C=O) groups excluding carboxylic acids is 3. The van der Waals surface area contributed by atoms with Gasteiger partial charge in [0, 0.05) is 5.02 Å². The van der Waals surface area contributed by atoms with Crippen LogP contribution in [0.15, 0.2) is 83.3 Å². The average Bonchev–Trinajstić information content (AvgIpc) is 2.78. The first-order valence-electron chi connectivity index (χ1n) is 9.61. The molecule has 0 aromatic heterocycles. The number of imide groups is 2. The summed E-state index contributed by atoms with van der Waals surface area (Å²) in [6.45, 7) is 0. The standard InChI is InChI=1S/C23H14ClFN2O6S/c24-15-4-10-19(11-5-15)34(31,32)33-18-3-1-2-14(12-18)13-20-21(28)26-23(30)27(22(20)29)17-8-6-16(25)7-9-17/h1-13H,(H,26,28,30)/b20-13-. The molecule has 0 unspecified atom stereocenters. The van der Waals surface area contributed by atoms with Crippen molar-refractivity contribution in [3.05, 3.63) is 94.8 Å². The van der Waals surface area contributed by atoms with E-state index in [1.54, 1.807) is 0 Å². The highest BCUT2D eigenvalue weighted by Crippen LogP contribution is 2.25. The molecule has 0 aliphatic carbocycles. The third kappa shape index (κ3) is 4.82. The maximum Gasteiger partial charge on any atom is 0.339 e. The minimum Gasteiger partial charge on any atom is -0.379 e. The van der Waals surface area contributed by atoms with Gasteiger partial charge in [0.25, 0.3) is 11.8 Å². The Bertz CT molecular complexity index is 1440. The van der Waals surface area contributed by atoms with Crippen LogP contribution in [0.25, 0.3) is 6.08 Å². The number of carbonyl (C=O) groups is 3. The Balaban J connectivity index is 1.63. The maximum absolute atomic E-state index is 13.2. The summed E-state index contributed by atoms with van der Waals surface area (Å²) in [5.41, 5.74) is -0.0641. The summed E-state index contributed by atoms with van der Waals surface area (Å²) in [6, 6.07) is 14.6. The van der Waals surface area contributed by atoms with Gasteiger partial charge >= 0.3 is 16.1 Å². The molecule has 11 heteroatoms. The Labute approximate surface area is 198 Å². The molecule has 1 fully saturated rings. The number of hydrogen-bond acceptors (Lipinski definition) is 6. The van der Waals surface area contributed by atoms with Gasteiger partial charge in [0.15, 0.2) is 0 Å². The van der Waals surface area contributed by atoms with Crippen molar-refractivity contribution >= 4 is 51.3 Å². The van der Waals surface area contributed by atoms with Crippen LogP contribution in [0.5, 0.6) is 5.75 Å². The van der Waals surface area contributed by atoms with Gasteiger partial charge in [-0.25, -0.2) is 14.1 Å². The van der Waals surface area contributed by atoms with Gasteiger partial charge in [0.05, 0.1) is 5.69 Å². The van der Waals surface area contributed by atoms with Gasteiger partial charge < -0.3 is 4.18 Å². The molecule has 8 nitrogen and oxygen atoms in total. The van der Waals surface area contributed by atoms with Gasteiger partial charge in [-0.1, -0.05) is 23.7 Å². The lowest BCUT2D eigenvalue weighted by molar-refractivity contribution is -0.122. The predicted octanol–water partition coefficient (Wildman–Crippen LogP) is 3.91. The summed E-state index contributed by atoms with van der Waals surface area (Å²) in [7, 11) is -4.17. The highest BCUT2D eigenvalue weighted by molar-refractivity contribution is 7.87. The molecule has 1 heterocycles. The fourth-order valence-electron chi connectivity index (χ4n) is 3.08. The molecule has 34 heavy (non-hydrogen) atoms. The smallest absolute Gasteiger partial charge is 0.339 e. The first kappa shape index (κ1) is 23.1. The van der Waals surface area contributed by atoms with Gasteiger partial charge in [0.2, 0.25) is 0 Å². The van der Waals surface area contributed by atoms with Crippen LogP contribution in [-0.4, -0.2) is 26.3 Å². The lowest BCUT2D eigenvalue weighted by Gasteiger charge is -2.26. The van der Waals surface area contributed by atoms with Crippen LogP contribution in [-0.2, 0) is 19.7 Å². The molecule has 4 rings (SSSR count). The van der Waals surface area contributed by atoms with Crippen LogP contribution in [0.4, 0.5) is 14.9 Å².